The van der Waals surface area contributed by atoms with E-state index < -0.39 is 0 Å². The van der Waals surface area contributed by atoms with Gasteiger partial charge in [-0.25, -0.2) is 0 Å². The molecule has 0 saturated heterocycles. The first kappa shape index (κ1) is 15.4. The molecule has 5 nitrogen and oxygen atoms in total. The number of guanidine groups is 1. The van der Waals surface area contributed by atoms with Crippen LogP contribution in [0.2, 0.25) is 0 Å². The molecule has 1 aromatic heterocycles. The van der Waals surface area contributed by atoms with Gasteiger partial charge in [0, 0.05) is 32.1 Å². The lowest BCUT2D eigenvalue weighted by Gasteiger charge is -2.11. The van der Waals surface area contributed by atoms with Crippen LogP contribution in [0.5, 0.6) is 0 Å². The van der Waals surface area contributed by atoms with Crippen molar-refractivity contribution in [3.63, 3.8) is 0 Å². The number of nitrogens with zero attached hydrogens (tertiary/aromatic N) is 2. The van der Waals surface area contributed by atoms with Crippen LogP contribution in [0, 0.1) is 0 Å². The molecule has 0 amide bonds. The summed E-state index contributed by atoms with van der Waals surface area (Å²) in [7, 11) is 0. The first-order valence-corrected chi connectivity index (χ1v) is 6.85. The van der Waals surface area contributed by atoms with Gasteiger partial charge in [0.25, 0.3) is 0 Å². The molecule has 1 rings (SSSR count). The molecule has 1 aromatic rings. The third kappa shape index (κ3) is 7.41. The summed E-state index contributed by atoms with van der Waals surface area (Å²) in [5.41, 5.74) is 1.22. The third-order valence-corrected chi connectivity index (χ3v) is 2.48. The molecular formula is C14H24N4O. The Morgan fingerprint density at radius 1 is 1.37 bits per heavy atom. The average Bonchev–Trinajstić information content (AvgIpc) is 2.44. The number of aromatic nitrogens is 1. The molecular weight excluding hydrogens is 240 g/mol. The van der Waals surface area contributed by atoms with Gasteiger partial charge in [-0.3, -0.25) is 9.98 Å². The van der Waals surface area contributed by atoms with E-state index in [1.165, 1.54) is 5.56 Å². The van der Waals surface area contributed by atoms with Crippen LogP contribution in [0.4, 0.5) is 0 Å². The molecule has 0 aliphatic heterocycles. The third-order valence-electron chi connectivity index (χ3n) is 2.48. The van der Waals surface area contributed by atoms with Crippen LogP contribution < -0.4 is 10.6 Å². The van der Waals surface area contributed by atoms with E-state index in [4.69, 9.17) is 4.74 Å². The van der Waals surface area contributed by atoms with Gasteiger partial charge in [-0.2, -0.15) is 0 Å². The molecule has 0 aromatic carbocycles. The molecule has 0 atom stereocenters. The molecule has 0 aliphatic carbocycles. The van der Waals surface area contributed by atoms with E-state index in [0.717, 1.165) is 32.1 Å². The number of rotatable bonds is 8. The molecule has 0 radical (unpaired) electrons. The van der Waals surface area contributed by atoms with E-state index in [1.54, 1.807) is 6.20 Å². The van der Waals surface area contributed by atoms with Gasteiger partial charge in [-0.15, -0.1) is 0 Å². The summed E-state index contributed by atoms with van der Waals surface area (Å²) < 4.78 is 5.26. The van der Waals surface area contributed by atoms with Gasteiger partial charge < -0.3 is 15.4 Å². The second-order valence-electron chi connectivity index (χ2n) is 4.00. The molecule has 0 aliphatic rings. The van der Waals surface area contributed by atoms with Crippen LogP contribution in [0.3, 0.4) is 0 Å². The van der Waals surface area contributed by atoms with Crippen LogP contribution in [-0.2, 0) is 11.2 Å². The predicted octanol–water partition coefficient (Wildman–Crippen LogP) is 1.22. The number of pyridine rings is 1. The van der Waals surface area contributed by atoms with Crippen LogP contribution >= 0.6 is 0 Å². The molecule has 0 spiro atoms. The van der Waals surface area contributed by atoms with Crippen molar-refractivity contribution in [2.75, 3.05) is 32.8 Å². The zero-order valence-electron chi connectivity index (χ0n) is 11.9. The molecule has 1 heterocycles. The summed E-state index contributed by atoms with van der Waals surface area (Å²) in [5.74, 6) is 0.839. The maximum Gasteiger partial charge on any atom is 0.191 e. The number of ether oxygens (including phenoxy) is 1. The smallest absolute Gasteiger partial charge is 0.191 e. The van der Waals surface area contributed by atoms with Crippen LogP contribution in [0.1, 0.15) is 19.4 Å². The second-order valence-corrected chi connectivity index (χ2v) is 4.00. The van der Waals surface area contributed by atoms with Gasteiger partial charge in [-0.05, 0) is 31.9 Å². The fourth-order valence-electron chi connectivity index (χ4n) is 1.58. The van der Waals surface area contributed by atoms with Crippen LogP contribution in [0.15, 0.2) is 29.5 Å². The predicted molar refractivity (Wildman–Crippen MR) is 78.4 cm³/mol. The molecule has 2 N–H and O–H groups in total. The fourth-order valence-corrected chi connectivity index (χ4v) is 1.58. The summed E-state index contributed by atoms with van der Waals surface area (Å²) in [4.78, 5) is 8.53. The summed E-state index contributed by atoms with van der Waals surface area (Å²) >= 11 is 0. The minimum Gasteiger partial charge on any atom is -0.380 e. The van der Waals surface area contributed by atoms with Gasteiger partial charge in [0.15, 0.2) is 5.96 Å². The van der Waals surface area contributed by atoms with Crippen molar-refractivity contribution >= 4 is 5.96 Å². The highest BCUT2D eigenvalue weighted by atomic mass is 16.5. The maximum absolute atomic E-state index is 5.26. The van der Waals surface area contributed by atoms with Crippen LogP contribution in [-0.4, -0.2) is 43.8 Å². The Morgan fingerprint density at radius 2 is 2.26 bits per heavy atom. The van der Waals surface area contributed by atoms with E-state index in [0.29, 0.717) is 13.2 Å². The lowest BCUT2D eigenvalue weighted by atomic mass is 10.2. The fraction of sp³-hybridized carbons (Fsp3) is 0.571. The van der Waals surface area contributed by atoms with E-state index in [2.05, 4.69) is 33.6 Å². The lowest BCUT2D eigenvalue weighted by Crippen LogP contribution is -2.38. The van der Waals surface area contributed by atoms with Gasteiger partial charge >= 0.3 is 0 Å². The standard InChI is InChI=1S/C14H24N4O/c1-3-16-14(18-10-11-19-4-2)17-9-7-13-6-5-8-15-12-13/h5-6,8,12H,3-4,7,9-11H2,1-2H3,(H2,16,17,18). The van der Waals surface area contributed by atoms with Gasteiger partial charge in [0.1, 0.15) is 0 Å². The zero-order chi connectivity index (χ0) is 13.8. The quantitative estimate of drug-likeness (QED) is 0.421. The SMILES string of the molecule is CCNC(=NCCOCC)NCCc1cccnc1. The van der Waals surface area contributed by atoms with Crippen molar-refractivity contribution in [1.29, 1.82) is 0 Å². The van der Waals surface area contributed by atoms with E-state index in [-0.39, 0.29) is 0 Å². The number of nitrogens with one attached hydrogen (secondary N) is 2. The molecule has 5 heteroatoms. The van der Waals surface area contributed by atoms with E-state index in [1.807, 2.05) is 19.2 Å². The maximum atomic E-state index is 5.26. The summed E-state index contributed by atoms with van der Waals surface area (Å²) in [6, 6.07) is 4.03. The molecule has 106 valence electrons. The van der Waals surface area contributed by atoms with Crippen LogP contribution in [0.25, 0.3) is 0 Å². The molecule has 0 unspecified atom stereocenters. The Morgan fingerprint density at radius 3 is 2.95 bits per heavy atom. The first-order chi connectivity index (χ1) is 9.36. The first-order valence-electron chi connectivity index (χ1n) is 6.85. The Kier molecular flexibility index (Phi) is 8.38. The van der Waals surface area contributed by atoms with Crippen molar-refractivity contribution in [1.82, 2.24) is 15.6 Å². The molecule has 0 saturated carbocycles. The summed E-state index contributed by atoms with van der Waals surface area (Å²) in [6.07, 6.45) is 4.61. The van der Waals surface area contributed by atoms with Gasteiger partial charge in [0.05, 0.1) is 13.2 Å². The van der Waals surface area contributed by atoms with Gasteiger partial charge in [0.2, 0.25) is 0 Å². The summed E-state index contributed by atoms with van der Waals surface area (Å²) in [5, 5.41) is 6.52. The van der Waals surface area contributed by atoms with Gasteiger partial charge in [-0.1, -0.05) is 6.07 Å². The highest BCUT2D eigenvalue weighted by molar-refractivity contribution is 5.79. The van der Waals surface area contributed by atoms with Crippen molar-refractivity contribution < 1.29 is 4.74 Å². The second kappa shape index (κ2) is 10.3. The molecule has 0 bridgehead atoms. The van der Waals surface area contributed by atoms with Crippen molar-refractivity contribution in [2.24, 2.45) is 4.99 Å². The minimum atomic E-state index is 0.662. The lowest BCUT2D eigenvalue weighted by molar-refractivity contribution is 0.155. The zero-order valence-corrected chi connectivity index (χ0v) is 11.9. The largest absolute Gasteiger partial charge is 0.380 e. The Bertz CT molecular complexity index is 354. The number of hydrogen-bond donors (Lipinski definition) is 2. The average molecular weight is 264 g/mol. The number of aliphatic imine (C=N–C) groups is 1. The highest BCUT2D eigenvalue weighted by Gasteiger charge is 1.97. The monoisotopic (exact) mass is 264 g/mol. The van der Waals surface area contributed by atoms with Crippen molar-refractivity contribution in [2.45, 2.75) is 20.3 Å². The highest BCUT2D eigenvalue weighted by Crippen LogP contribution is 1.95. The van der Waals surface area contributed by atoms with E-state index in [9.17, 15) is 0 Å². The Hall–Kier alpha value is -1.62. The minimum absolute atomic E-state index is 0.662. The molecule has 19 heavy (non-hydrogen) atoms. The molecule has 0 fully saturated rings. The van der Waals surface area contributed by atoms with Crippen molar-refractivity contribution in [3.05, 3.63) is 30.1 Å². The topological polar surface area (TPSA) is 58.5 Å². The Labute approximate surface area is 115 Å². The van der Waals surface area contributed by atoms with E-state index >= 15 is 0 Å². The summed E-state index contributed by atoms with van der Waals surface area (Å²) in [6.45, 7) is 7.81. The van der Waals surface area contributed by atoms with Crippen molar-refractivity contribution in [3.8, 4) is 0 Å². The number of hydrogen-bond acceptors (Lipinski definition) is 3. The Balaban J connectivity index is 2.28. The normalized spacial score (nSPS) is 11.4.